The van der Waals surface area contributed by atoms with Crippen molar-refractivity contribution in [2.24, 2.45) is 0 Å². The predicted octanol–water partition coefficient (Wildman–Crippen LogP) is 1.80. The maximum Gasteiger partial charge on any atom is 0.335 e. The van der Waals surface area contributed by atoms with Gasteiger partial charge in [0.05, 0.1) is 12.7 Å². The van der Waals surface area contributed by atoms with Gasteiger partial charge in [-0.15, -0.1) is 0 Å². The first-order valence-electron chi connectivity index (χ1n) is 6.56. The third-order valence-electron chi connectivity index (χ3n) is 2.33. The molecule has 0 aromatic heterocycles. The van der Waals surface area contributed by atoms with Crippen molar-refractivity contribution in [3.8, 4) is 0 Å². The number of hydrogen-bond acceptors (Lipinski definition) is 5. The molecule has 1 rings (SSSR count). The molecule has 1 unspecified atom stereocenters. The van der Waals surface area contributed by atoms with Gasteiger partial charge >= 0.3 is 11.9 Å². The molecule has 0 saturated heterocycles. The van der Waals surface area contributed by atoms with Gasteiger partial charge in [0, 0.05) is 0 Å². The number of unbranched alkanes of at least 4 members (excludes halogenated alkanes) is 1. The fourth-order valence-electron chi connectivity index (χ4n) is 1.23. The Labute approximate surface area is 129 Å². The molecule has 124 valence electrons. The highest BCUT2D eigenvalue weighted by molar-refractivity contribution is 5.87. The summed E-state index contributed by atoms with van der Waals surface area (Å²) in [5.41, 5.74) is 0.331. The number of benzene rings is 1. The van der Waals surface area contributed by atoms with E-state index in [4.69, 9.17) is 20.1 Å². The molecule has 22 heavy (non-hydrogen) atoms. The molecule has 0 amide bonds. The van der Waals surface area contributed by atoms with Crippen LogP contribution in [0.3, 0.4) is 0 Å². The Hall–Kier alpha value is -2.41. The van der Waals surface area contributed by atoms with E-state index < -0.39 is 18.0 Å². The summed E-state index contributed by atoms with van der Waals surface area (Å²) in [6.07, 6.45) is 1.41. The number of carbonyl (C=O) groups excluding carboxylic acids is 1. The maximum absolute atomic E-state index is 10.5. The molecule has 0 aliphatic rings. The number of carboxylic acids is 1. The Balaban J connectivity index is 0. The monoisotopic (exact) mass is 314 g/mol. The highest BCUT2D eigenvalue weighted by atomic mass is 16.5. The first-order valence-corrected chi connectivity index (χ1v) is 6.56. The summed E-state index contributed by atoms with van der Waals surface area (Å²) in [5, 5.41) is 24.2. The average Bonchev–Trinajstić information content (AvgIpc) is 2.54. The van der Waals surface area contributed by atoms with Gasteiger partial charge in [0.2, 0.25) is 0 Å². The van der Waals surface area contributed by atoms with Crippen molar-refractivity contribution in [1.29, 1.82) is 0 Å². The quantitative estimate of drug-likeness (QED) is 0.559. The number of ether oxygens (including phenoxy) is 1. The minimum absolute atomic E-state index is 0.250. The molecule has 0 radical (unpaired) electrons. The molecular weight excluding hydrogens is 292 g/mol. The van der Waals surface area contributed by atoms with Crippen LogP contribution in [0.1, 0.15) is 36.5 Å². The lowest BCUT2D eigenvalue weighted by Crippen LogP contribution is -2.21. The van der Waals surface area contributed by atoms with Gasteiger partial charge in [-0.25, -0.2) is 9.59 Å². The van der Waals surface area contributed by atoms with Crippen molar-refractivity contribution in [3.05, 3.63) is 35.9 Å². The van der Waals surface area contributed by atoms with Crippen LogP contribution in [0.4, 0.5) is 0 Å². The van der Waals surface area contributed by atoms with Gasteiger partial charge in [0.1, 0.15) is 0 Å². The van der Waals surface area contributed by atoms with Crippen LogP contribution in [0.25, 0.3) is 0 Å². The van der Waals surface area contributed by atoms with E-state index in [2.05, 4.69) is 4.74 Å². The van der Waals surface area contributed by atoms with Crippen LogP contribution in [0.2, 0.25) is 0 Å². The van der Waals surface area contributed by atoms with Crippen LogP contribution < -0.4 is 0 Å². The molecule has 0 bridgehead atoms. The average molecular weight is 314 g/mol. The lowest BCUT2D eigenvalue weighted by Gasteiger charge is -2.05. The van der Waals surface area contributed by atoms with Crippen molar-refractivity contribution in [2.75, 3.05) is 7.11 Å². The second kappa shape index (κ2) is 15.0. The van der Waals surface area contributed by atoms with Crippen LogP contribution in [0.5, 0.6) is 0 Å². The lowest BCUT2D eigenvalue weighted by molar-refractivity contribution is -0.150. The fourth-order valence-corrected chi connectivity index (χ4v) is 1.23. The maximum atomic E-state index is 10.5. The Kier molecular flexibility index (Phi) is 14.9. The van der Waals surface area contributed by atoms with Crippen molar-refractivity contribution in [3.63, 3.8) is 0 Å². The first-order chi connectivity index (χ1) is 10.4. The minimum Gasteiger partial charge on any atom is -0.483 e. The third kappa shape index (κ3) is 12.6. The number of aliphatic hydroxyl groups is 1. The molecule has 0 heterocycles. The number of methoxy groups -OCH3 is 1. The lowest BCUT2D eigenvalue weighted by atomic mass is 10.2. The molecule has 1 aromatic rings. The van der Waals surface area contributed by atoms with Gasteiger partial charge in [-0.3, -0.25) is 4.79 Å². The first kappa shape index (κ1) is 21.9. The Morgan fingerprint density at radius 1 is 1.27 bits per heavy atom. The molecular formula is C15H22O7. The van der Waals surface area contributed by atoms with E-state index >= 15 is 0 Å². The summed E-state index contributed by atoms with van der Waals surface area (Å²) in [6, 6.07) is 8.30. The highest BCUT2D eigenvalue weighted by Gasteiger charge is 2.13. The number of hydrogen-bond donors (Lipinski definition) is 3. The number of aliphatic hydroxyl groups excluding tert-OH is 1. The van der Waals surface area contributed by atoms with E-state index in [0.29, 0.717) is 12.0 Å². The molecule has 1 aromatic carbocycles. The number of esters is 1. The number of carboxylic acid groups (broad SMARTS) is 2. The summed E-state index contributed by atoms with van der Waals surface area (Å²) in [7, 11) is 1.28. The zero-order valence-electron chi connectivity index (χ0n) is 12.6. The van der Waals surface area contributed by atoms with Crippen LogP contribution in [0, 0.1) is 0 Å². The van der Waals surface area contributed by atoms with Crippen LogP contribution >= 0.6 is 0 Å². The SMILES string of the molecule is CCCCC(O)C(=O)OC.O=C(O)c1ccccc1.O=CO. The molecule has 7 nitrogen and oxygen atoms in total. The smallest absolute Gasteiger partial charge is 0.335 e. The van der Waals surface area contributed by atoms with Crippen LogP contribution in [0.15, 0.2) is 30.3 Å². The second-order valence-corrected chi connectivity index (χ2v) is 3.96. The van der Waals surface area contributed by atoms with Gasteiger partial charge in [-0.2, -0.15) is 0 Å². The largest absolute Gasteiger partial charge is 0.483 e. The molecule has 0 aliphatic carbocycles. The number of rotatable bonds is 5. The van der Waals surface area contributed by atoms with Gasteiger partial charge in [0.15, 0.2) is 6.10 Å². The van der Waals surface area contributed by atoms with Gasteiger partial charge < -0.3 is 20.1 Å². The Morgan fingerprint density at radius 3 is 2.09 bits per heavy atom. The summed E-state index contributed by atoms with van der Waals surface area (Å²) < 4.78 is 4.32. The molecule has 1 atom stereocenters. The molecule has 0 spiro atoms. The van der Waals surface area contributed by atoms with Gasteiger partial charge in [0.25, 0.3) is 6.47 Å². The van der Waals surface area contributed by atoms with E-state index in [9.17, 15) is 9.59 Å². The summed E-state index contributed by atoms with van der Waals surface area (Å²) >= 11 is 0. The summed E-state index contributed by atoms with van der Waals surface area (Å²) in [5.74, 6) is -1.41. The van der Waals surface area contributed by atoms with Gasteiger partial charge in [-0.1, -0.05) is 38.0 Å². The standard InChI is InChI=1S/C7H14O3.C7H6O2.CH2O2/c1-3-4-5-6(8)7(9)10-2;8-7(9)6-4-2-1-3-5-6;2-1-3/h6,8H,3-5H2,1-2H3;1-5H,(H,8,9);1H,(H,2,3). The zero-order chi connectivity index (χ0) is 17.4. The Bertz CT molecular complexity index is 417. The zero-order valence-corrected chi connectivity index (χ0v) is 12.6. The fraction of sp³-hybridized carbons (Fsp3) is 0.400. The predicted molar refractivity (Wildman–Crippen MR) is 79.6 cm³/mol. The van der Waals surface area contributed by atoms with E-state index in [1.807, 2.05) is 6.92 Å². The number of aromatic carboxylic acids is 1. The molecule has 0 saturated carbocycles. The second-order valence-electron chi connectivity index (χ2n) is 3.96. The number of carbonyl (C=O) groups is 3. The normalized spacial score (nSPS) is 9.95. The van der Waals surface area contributed by atoms with Crippen molar-refractivity contribution in [2.45, 2.75) is 32.3 Å². The summed E-state index contributed by atoms with van der Waals surface area (Å²) in [4.78, 5) is 29.1. The third-order valence-corrected chi connectivity index (χ3v) is 2.33. The topological polar surface area (TPSA) is 121 Å². The molecule has 7 heteroatoms. The van der Waals surface area contributed by atoms with Crippen molar-refractivity contribution < 1.29 is 34.4 Å². The van der Waals surface area contributed by atoms with E-state index in [1.165, 1.54) is 7.11 Å². The van der Waals surface area contributed by atoms with Crippen LogP contribution in [-0.4, -0.2) is 46.9 Å². The van der Waals surface area contributed by atoms with E-state index in [1.54, 1.807) is 30.3 Å². The van der Waals surface area contributed by atoms with Crippen molar-refractivity contribution >= 4 is 18.4 Å². The molecule has 0 fully saturated rings. The van der Waals surface area contributed by atoms with Crippen molar-refractivity contribution in [1.82, 2.24) is 0 Å². The minimum atomic E-state index is -0.926. The highest BCUT2D eigenvalue weighted by Crippen LogP contribution is 2.00. The van der Waals surface area contributed by atoms with E-state index in [0.717, 1.165) is 12.8 Å². The van der Waals surface area contributed by atoms with Gasteiger partial charge in [-0.05, 0) is 18.6 Å². The summed E-state index contributed by atoms with van der Waals surface area (Å²) in [6.45, 7) is 1.75. The molecule has 3 N–H and O–H groups in total. The molecule has 0 aliphatic heterocycles. The van der Waals surface area contributed by atoms with E-state index in [-0.39, 0.29) is 6.47 Å². The van der Waals surface area contributed by atoms with Crippen LogP contribution in [-0.2, 0) is 14.3 Å². The Morgan fingerprint density at radius 2 is 1.77 bits per heavy atom.